The number of fused-ring (bicyclic) bond motifs is 3. The Hall–Kier alpha value is -7.07. The number of carbonyl (C=O) groups is 2. The maximum absolute atomic E-state index is 13.0. The Labute approximate surface area is 298 Å². The van der Waals surface area contributed by atoms with E-state index in [9.17, 15) is 14.4 Å². The highest BCUT2D eigenvalue weighted by molar-refractivity contribution is 6.15. The molecule has 8 rings (SSSR count). The summed E-state index contributed by atoms with van der Waals surface area (Å²) in [4.78, 5) is 54.6. The van der Waals surface area contributed by atoms with Gasteiger partial charge in [0.15, 0.2) is 11.2 Å². The van der Waals surface area contributed by atoms with Gasteiger partial charge in [0.2, 0.25) is 5.89 Å². The van der Waals surface area contributed by atoms with Crippen LogP contribution in [0.2, 0.25) is 0 Å². The third kappa shape index (κ3) is 6.99. The first kappa shape index (κ1) is 33.4. The number of aryl methyl sites for hydroxylation is 2. The maximum Gasteiger partial charge on any atom is 0.365 e. The van der Waals surface area contributed by atoms with Crippen LogP contribution in [0.4, 0.5) is 5.69 Å². The van der Waals surface area contributed by atoms with Crippen LogP contribution >= 0.6 is 0 Å². The Kier molecular flexibility index (Phi) is 9.52. The molecule has 0 atom stereocenters. The highest BCUT2D eigenvalue weighted by atomic mass is 16.4. The van der Waals surface area contributed by atoms with E-state index in [1.165, 1.54) is 11.8 Å². The molecule has 8 aromatic rings. The summed E-state index contributed by atoms with van der Waals surface area (Å²) in [6, 6.07) is 35.8. The average molecular weight is 685 g/mol. The third-order valence-electron chi connectivity index (χ3n) is 8.58. The first-order chi connectivity index (χ1) is 25.4. The maximum atomic E-state index is 13.0. The van der Waals surface area contributed by atoms with Crippen molar-refractivity contribution in [1.29, 1.82) is 0 Å². The molecule has 0 unspecified atom stereocenters. The molecule has 10 heteroatoms. The molecule has 0 saturated heterocycles. The second-order valence-electron chi connectivity index (χ2n) is 12.0. The number of hydrogen-bond donors (Lipinski definition) is 2. The zero-order valence-electron chi connectivity index (χ0n) is 28.3. The number of aromatic nitrogens is 4. The normalized spacial score (nSPS) is 10.8. The summed E-state index contributed by atoms with van der Waals surface area (Å²) in [6.45, 7) is 4.33. The second-order valence-corrected chi connectivity index (χ2v) is 12.0. The van der Waals surface area contributed by atoms with Crippen LogP contribution in [0.5, 0.6) is 0 Å². The van der Waals surface area contributed by atoms with Gasteiger partial charge >= 0.3 is 5.63 Å². The molecule has 254 valence electrons. The lowest BCUT2D eigenvalue weighted by Crippen LogP contribution is -2.26. The summed E-state index contributed by atoms with van der Waals surface area (Å²) in [7, 11) is 0. The van der Waals surface area contributed by atoms with Gasteiger partial charge < -0.3 is 15.1 Å². The van der Waals surface area contributed by atoms with E-state index >= 15 is 0 Å². The number of rotatable bonds is 6. The summed E-state index contributed by atoms with van der Waals surface area (Å²) in [5, 5.41) is 9.65. The monoisotopic (exact) mass is 684 g/mol. The number of nitrogens with zero attached hydrogens (tertiary/aromatic N) is 4. The number of carbonyl (C=O) groups excluding carboxylic acids is 2. The molecule has 4 aromatic carbocycles. The van der Waals surface area contributed by atoms with E-state index in [-0.39, 0.29) is 29.6 Å². The van der Waals surface area contributed by atoms with Crippen molar-refractivity contribution in [3.8, 4) is 11.5 Å². The van der Waals surface area contributed by atoms with Gasteiger partial charge in [-0.3, -0.25) is 14.6 Å². The molecule has 0 fully saturated rings. The van der Waals surface area contributed by atoms with Gasteiger partial charge in [0.1, 0.15) is 5.52 Å². The van der Waals surface area contributed by atoms with Crippen molar-refractivity contribution in [3.05, 3.63) is 172 Å². The van der Waals surface area contributed by atoms with E-state index in [1.54, 1.807) is 42.7 Å². The van der Waals surface area contributed by atoms with Crippen LogP contribution in [0.25, 0.3) is 44.0 Å². The highest BCUT2D eigenvalue weighted by Gasteiger charge is 2.18. The SMILES string of the molecule is Cc1ccc(-c2nc3cccnc3c(=O)o2)c2ccccc12.Cc1ccc(C(=O)Nc2cccnc2C(=O)NCc2ccccn2)c2ccccc12. The van der Waals surface area contributed by atoms with E-state index in [4.69, 9.17) is 4.42 Å². The minimum absolute atomic E-state index is 0.151. The van der Waals surface area contributed by atoms with Gasteiger partial charge in [-0.1, -0.05) is 66.7 Å². The van der Waals surface area contributed by atoms with Gasteiger partial charge in [0, 0.05) is 29.7 Å². The molecule has 4 heterocycles. The summed E-state index contributed by atoms with van der Waals surface area (Å²) in [6.07, 6.45) is 4.74. The predicted octanol–water partition coefficient (Wildman–Crippen LogP) is 7.83. The van der Waals surface area contributed by atoms with Gasteiger partial charge in [0.25, 0.3) is 11.8 Å². The van der Waals surface area contributed by atoms with Gasteiger partial charge in [-0.05, 0) is 95.1 Å². The van der Waals surface area contributed by atoms with Crippen LogP contribution in [0.3, 0.4) is 0 Å². The number of benzene rings is 4. The average Bonchev–Trinajstić information content (AvgIpc) is 3.18. The standard InChI is InChI=1S/C24H20N4O2.C18H12N2O2/c1-16-11-12-20(19-9-3-2-8-18(16)19)23(29)28-21-10-6-14-26-22(21)24(30)27-15-17-7-4-5-13-25-17;1-11-8-9-14(13-6-3-2-5-12(11)13)17-20-15-7-4-10-19-16(15)18(21)22-17/h2-14H,15H2,1H3,(H,27,30)(H,28,29);2-10H,1H3. The van der Waals surface area contributed by atoms with Gasteiger partial charge in [-0.25, -0.2) is 19.7 Å². The fraction of sp³-hybridized carbons (Fsp3) is 0.0714. The zero-order chi connectivity index (χ0) is 36.0. The van der Waals surface area contributed by atoms with Gasteiger partial charge in [-0.15, -0.1) is 0 Å². The fourth-order valence-electron chi connectivity index (χ4n) is 5.95. The van der Waals surface area contributed by atoms with Crippen LogP contribution in [0.15, 0.2) is 143 Å². The zero-order valence-corrected chi connectivity index (χ0v) is 28.3. The summed E-state index contributed by atoms with van der Waals surface area (Å²) in [5.41, 5.74) is 5.18. The number of anilines is 1. The first-order valence-corrected chi connectivity index (χ1v) is 16.5. The van der Waals surface area contributed by atoms with Crippen molar-refractivity contribution in [1.82, 2.24) is 25.3 Å². The largest absolute Gasteiger partial charge is 0.402 e. The predicted molar refractivity (Wildman–Crippen MR) is 202 cm³/mol. The molecular weight excluding hydrogens is 652 g/mol. The molecule has 0 saturated carbocycles. The Morgan fingerprint density at radius 3 is 2.06 bits per heavy atom. The minimum Gasteiger partial charge on any atom is -0.402 e. The molecule has 0 aliphatic rings. The quantitative estimate of drug-likeness (QED) is 0.181. The van der Waals surface area contributed by atoms with Crippen molar-refractivity contribution in [2.75, 3.05) is 5.32 Å². The molecule has 0 spiro atoms. The van der Waals surface area contributed by atoms with Gasteiger partial charge in [-0.2, -0.15) is 0 Å². The van der Waals surface area contributed by atoms with Crippen molar-refractivity contribution in [3.63, 3.8) is 0 Å². The van der Waals surface area contributed by atoms with E-state index in [1.807, 2.05) is 85.8 Å². The van der Waals surface area contributed by atoms with E-state index in [2.05, 4.69) is 43.6 Å². The van der Waals surface area contributed by atoms with Crippen molar-refractivity contribution < 1.29 is 14.0 Å². The van der Waals surface area contributed by atoms with Crippen LogP contribution in [-0.4, -0.2) is 31.8 Å². The Morgan fingerprint density at radius 1 is 0.635 bits per heavy atom. The van der Waals surface area contributed by atoms with Crippen molar-refractivity contribution in [2.45, 2.75) is 20.4 Å². The van der Waals surface area contributed by atoms with Crippen LogP contribution in [0, 0.1) is 13.8 Å². The Morgan fingerprint density at radius 2 is 1.29 bits per heavy atom. The Balaban J connectivity index is 0.000000169. The number of pyridine rings is 3. The molecule has 0 aliphatic carbocycles. The number of amides is 2. The van der Waals surface area contributed by atoms with E-state index in [0.29, 0.717) is 22.7 Å². The molecule has 2 N–H and O–H groups in total. The molecule has 10 nitrogen and oxygen atoms in total. The Bertz CT molecular complexity index is 2660. The molecule has 2 amide bonds. The highest BCUT2D eigenvalue weighted by Crippen LogP contribution is 2.30. The summed E-state index contributed by atoms with van der Waals surface area (Å²) >= 11 is 0. The number of nitrogens with one attached hydrogen (secondary N) is 2. The molecule has 0 aliphatic heterocycles. The van der Waals surface area contributed by atoms with E-state index in [0.717, 1.165) is 38.4 Å². The summed E-state index contributed by atoms with van der Waals surface area (Å²) < 4.78 is 5.40. The molecule has 52 heavy (non-hydrogen) atoms. The van der Waals surface area contributed by atoms with Crippen LogP contribution < -0.4 is 16.3 Å². The van der Waals surface area contributed by atoms with Crippen molar-refractivity contribution >= 4 is 50.1 Å². The lowest BCUT2D eigenvalue weighted by molar-refractivity contribution is 0.0946. The molecule has 0 bridgehead atoms. The molecule has 0 radical (unpaired) electrons. The summed E-state index contributed by atoms with van der Waals surface area (Å²) in [5.74, 6) is -0.356. The smallest absolute Gasteiger partial charge is 0.365 e. The van der Waals surface area contributed by atoms with Crippen LogP contribution in [0.1, 0.15) is 37.7 Å². The lowest BCUT2D eigenvalue weighted by atomic mass is 10.00. The van der Waals surface area contributed by atoms with Crippen LogP contribution in [-0.2, 0) is 6.54 Å². The minimum atomic E-state index is -0.467. The first-order valence-electron chi connectivity index (χ1n) is 16.5. The fourth-order valence-corrected chi connectivity index (χ4v) is 5.95. The van der Waals surface area contributed by atoms with E-state index < -0.39 is 5.63 Å². The molecular formula is C42H32N6O4. The number of hydrogen-bond acceptors (Lipinski definition) is 8. The van der Waals surface area contributed by atoms with Crippen molar-refractivity contribution in [2.24, 2.45) is 0 Å². The topological polar surface area (TPSA) is 140 Å². The second kappa shape index (κ2) is 14.8. The third-order valence-corrected chi connectivity index (χ3v) is 8.58. The lowest BCUT2D eigenvalue weighted by Gasteiger charge is -2.12. The molecule has 4 aromatic heterocycles. The van der Waals surface area contributed by atoms with Gasteiger partial charge in [0.05, 0.1) is 17.9 Å².